The minimum absolute atomic E-state index is 0.105. The molecule has 3 aromatic carbocycles. The summed E-state index contributed by atoms with van der Waals surface area (Å²) >= 11 is 0. The highest BCUT2D eigenvalue weighted by molar-refractivity contribution is 5.93. The van der Waals surface area contributed by atoms with Crippen molar-refractivity contribution < 1.29 is 13.6 Å². The molecule has 0 aliphatic heterocycles. The highest BCUT2D eigenvalue weighted by Gasteiger charge is 2.13. The Balaban J connectivity index is 1.20. The summed E-state index contributed by atoms with van der Waals surface area (Å²) in [5.74, 6) is -2.08. The van der Waals surface area contributed by atoms with Crippen LogP contribution in [0, 0.1) is 11.6 Å². The van der Waals surface area contributed by atoms with Crippen LogP contribution < -0.4 is 16.2 Å². The van der Waals surface area contributed by atoms with Gasteiger partial charge in [0.25, 0.3) is 11.5 Å². The third-order valence-electron chi connectivity index (χ3n) is 5.80. The Morgan fingerprint density at radius 3 is 2.64 bits per heavy atom. The van der Waals surface area contributed by atoms with Crippen molar-refractivity contribution in [3.8, 4) is 0 Å². The topological polar surface area (TPSA) is 102 Å². The van der Waals surface area contributed by atoms with Gasteiger partial charge in [0, 0.05) is 30.0 Å². The zero-order chi connectivity index (χ0) is 27.2. The largest absolute Gasteiger partial charge is 0.348 e. The van der Waals surface area contributed by atoms with Gasteiger partial charge >= 0.3 is 0 Å². The van der Waals surface area contributed by atoms with Crippen molar-refractivity contribution in [2.75, 3.05) is 11.9 Å². The fraction of sp³-hybridized carbons (Fsp3) is 0.0690. The van der Waals surface area contributed by atoms with Crippen molar-refractivity contribution in [1.29, 1.82) is 0 Å². The van der Waals surface area contributed by atoms with Crippen LogP contribution in [0.5, 0.6) is 0 Å². The van der Waals surface area contributed by atoms with E-state index in [2.05, 4.69) is 25.7 Å². The fourth-order valence-electron chi connectivity index (χ4n) is 3.86. The van der Waals surface area contributed by atoms with Gasteiger partial charge in [0.15, 0.2) is 11.6 Å². The molecule has 5 aromatic rings. The second-order valence-corrected chi connectivity index (χ2v) is 8.57. The third kappa shape index (κ3) is 6.19. The molecule has 0 aliphatic rings. The third-order valence-corrected chi connectivity index (χ3v) is 5.80. The van der Waals surface area contributed by atoms with Gasteiger partial charge in [-0.05, 0) is 53.6 Å². The molecule has 5 rings (SSSR count). The van der Waals surface area contributed by atoms with Crippen molar-refractivity contribution >= 4 is 34.5 Å². The van der Waals surface area contributed by atoms with Crippen molar-refractivity contribution in [3.05, 3.63) is 130 Å². The van der Waals surface area contributed by atoms with E-state index in [0.29, 0.717) is 11.5 Å². The zero-order valence-corrected chi connectivity index (χ0v) is 20.5. The van der Waals surface area contributed by atoms with Gasteiger partial charge in [-0.25, -0.2) is 23.4 Å². The zero-order valence-electron chi connectivity index (χ0n) is 20.5. The Morgan fingerprint density at radius 2 is 1.82 bits per heavy atom. The SMILES string of the molecule is O=C(NC/C=C/c1ccc2nc(Nc3ccccc3)ncc2c1)c1ccnn(Cc2ccc(F)c(F)c2)c1=O. The number of carbonyl (C=O) groups is 1. The molecule has 0 radical (unpaired) electrons. The highest BCUT2D eigenvalue weighted by Crippen LogP contribution is 2.18. The van der Waals surface area contributed by atoms with Gasteiger partial charge in [-0.15, -0.1) is 0 Å². The molecule has 0 atom stereocenters. The maximum Gasteiger partial charge on any atom is 0.279 e. The molecule has 194 valence electrons. The molecule has 0 fully saturated rings. The van der Waals surface area contributed by atoms with Crippen LogP contribution in [-0.2, 0) is 6.54 Å². The maximum absolute atomic E-state index is 13.5. The quantitative estimate of drug-likeness (QED) is 0.305. The van der Waals surface area contributed by atoms with Gasteiger partial charge in [-0.2, -0.15) is 5.10 Å². The van der Waals surface area contributed by atoms with E-state index in [1.165, 1.54) is 18.3 Å². The van der Waals surface area contributed by atoms with Gasteiger partial charge in [0.2, 0.25) is 5.95 Å². The number of benzene rings is 3. The van der Waals surface area contributed by atoms with E-state index >= 15 is 0 Å². The number of rotatable bonds is 8. The number of nitrogens with zero attached hydrogens (tertiary/aromatic N) is 4. The van der Waals surface area contributed by atoms with E-state index < -0.39 is 23.1 Å². The summed E-state index contributed by atoms with van der Waals surface area (Å²) in [5, 5.41) is 10.6. The average molecular weight is 525 g/mol. The number of anilines is 2. The minimum Gasteiger partial charge on any atom is -0.348 e. The van der Waals surface area contributed by atoms with Crippen LogP contribution in [0.2, 0.25) is 0 Å². The first kappa shape index (κ1) is 25.4. The van der Waals surface area contributed by atoms with Crippen molar-refractivity contribution in [2.45, 2.75) is 6.54 Å². The summed E-state index contributed by atoms with van der Waals surface area (Å²) in [4.78, 5) is 34.2. The van der Waals surface area contributed by atoms with Crippen LogP contribution >= 0.6 is 0 Å². The lowest BCUT2D eigenvalue weighted by molar-refractivity contribution is 0.0955. The Hall–Kier alpha value is -5.25. The van der Waals surface area contributed by atoms with Crippen LogP contribution in [0.25, 0.3) is 17.0 Å². The molecular weight excluding hydrogens is 502 g/mol. The number of amides is 1. The van der Waals surface area contributed by atoms with E-state index in [-0.39, 0.29) is 18.7 Å². The minimum atomic E-state index is -1.02. The first-order valence-electron chi connectivity index (χ1n) is 12.0. The Labute approximate surface area is 221 Å². The number of para-hydroxylation sites is 1. The number of fused-ring (bicyclic) bond motifs is 1. The van der Waals surface area contributed by atoms with E-state index in [4.69, 9.17) is 0 Å². The standard InChI is InChI=1S/C29H22F2N6O2/c30-24-10-8-20(16-25(24)31)18-37-28(39)23(12-14-34-37)27(38)32-13-4-5-19-9-11-26-21(15-19)17-33-29(36-26)35-22-6-2-1-3-7-22/h1-12,14-17H,13,18H2,(H,32,38)(H,33,35,36)/b5-4+. The molecule has 0 unspecified atom stereocenters. The lowest BCUT2D eigenvalue weighted by Gasteiger charge is -2.07. The summed E-state index contributed by atoms with van der Waals surface area (Å²) in [6, 6.07) is 20.0. The highest BCUT2D eigenvalue weighted by atomic mass is 19.2. The van der Waals surface area contributed by atoms with Crippen LogP contribution in [0.1, 0.15) is 21.5 Å². The van der Waals surface area contributed by atoms with E-state index in [1.54, 1.807) is 12.3 Å². The van der Waals surface area contributed by atoms with Crippen molar-refractivity contribution in [1.82, 2.24) is 25.1 Å². The first-order chi connectivity index (χ1) is 19.0. The molecule has 0 saturated carbocycles. The molecule has 1 amide bonds. The summed E-state index contributed by atoms with van der Waals surface area (Å²) in [7, 11) is 0. The molecule has 2 N–H and O–H groups in total. The smallest absolute Gasteiger partial charge is 0.279 e. The number of carbonyl (C=O) groups excluding carboxylic acids is 1. The average Bonchev–Trinajstić information content (AvgIpc) is 2.94. The molecule has 0 aliphatic carbocycles. The Bertz CT molecular complexity index is 1740. The van der Waals surface area contributed by atoms with Crippen molar-refractivity contribution in [3.63, 3.8) is 0 Å². The second kappa shape index (κ2) is 11.4. The van der Waals surface area contributed by atoms with Crippen molar-refractivity contribution in [2.24, 2.45) is 0 Å². The van der Waals surface area contributed by atoms with Crippen LogP contribution in [0.4, 0.5) is 20.4 Å². The van der Waals surface area contributed by atoms with E-state index in [0.717, 1.165) is 39.0 Å². The van der Waals surface area contributed by atoms with Gasteiger partial charge in [-0.3, -0.25) is 9.59 Å². The second-order valence-electron chi connectivity index (χ2n) is 8.57. The molecule has 8 nitrogen and oxygen atoms in total. The van der Waals surface area contributed by atoms with Gasteiger partial charge < -0.3 is 10.6 Å². The summed E-state index contributed by atoms with van der Waals surface area (Å²) in [6.07, 6.45) is 6.64. The molecular formula is C29H22F2N6O2. The first-order valence-corrected chi connectivity index (χ1v) is 12.0. The summed E-state index contributed by atoms with van der Waals surface area (Å²) < 4.78 is 27.7. The monoisotopic (exact) mass is 524 g/mol. The number of nitrogens with one attached hydrogen (secondary N) is 2. The Morgan fingerprint density at radius 1 is 0.974 bits per heavy atom. The maximum atomic E-state index is 13.5. The van der Waals surface area contributed by atoms with Gasteiger partial charge in [0.1, 0.15) is 5.56 Å². The number of hydrogen-bond donors (Lipinski definition) is 2. The molecule has 0 bridgehead atoms. The summed E-state index contributed by atoms with van der Waals surface area (Å²) in [5.41, 5.74) is 2.16. The predicted molar refractivity (Wildman–Crippen MR) is 145 cm³/mol. The molecule has 2 aromatic heterocycles. The summed E-state index contributed by atoms with van der Waals surface area (Å²) in [6.45, 7) is 0.0742. The normalized spacial score (nSPS) is 11.1. The van der Waals surface area contributed by atoms with Crippen LogP contribution in [0.15, 0.2) is 96.1 Å². The van der Waals surface area contributed by atoms with Gasteiger partial charge in [0.05, 0.1) is 12.1 Å². The Kier molecular flexibility index (Phi) is 7.44. The molecule has 10 heteroatoms. The number of halogens is 2. The van der Waals surface area contributed by atoms with E-state index in [1.807, 2.05) is 54.6 Å². The predicted octanol–water partition coefficient (Wildman–Crippen LogP) is 4.70. The van der Waals surface area contributed by atoms with Gasteiger partial charge in [-0.1, -0.05) is 42.5 Å². The molecule has 0 spiro atoms. The number of aromatic nitrogens is 4. The molecule has 0 saturated heterocycles. The lowest BCUT2D eigenvalue weighted by atomic mass is 10.1. The molecule has 39 heavy (non-hydrogen) atoms. The van der Waals surface area contributed by atoms with Crippen LogP contribution in [0.3, 0.4) is 0 Å². The molecule has 2 heterocycles. The van der Waals surface area contributed by atoms with E-state index in [9.17, 15) is 18.4 Å². The lowest BCUT2D eigenvalue weighted by Crippen LogP contribution is -2.34. The fourth-order valence-corrected chi connectivity index (χ4v) is 3.86. The van der Waals surface area contributed by atoms with Crippen LogP contribution in [-0.4, -0.2) is 32.2 Å². The number of hydrogen-bond acceptors (Lipinski definition) is 6.